The molecule has 1 aliphatic rings. The smallest absolute Gasteiger partial charge is 0.319 e. The summed E-state index contributed by atoms with van der Waals surface area (Å²) < 4.78 is -0.816. The molecule has 0 aromatic carbocycles. The van der Waals surface area contributed by atoms with Gasteiger partial charge in [0, 0.05) is 38.4 Å². The minimum Gasteiger partial charge on any atom is -0.480 e. The van der Waals surface area contributed by atoms with Gasteiger partial charge in [0.1, 0.15) is 4.75 Å². The highest BCUT2D eigenvalue weighted by atomic mass is 32.2. The maximum atomic E-state index is 11.8. The molecule has 17 heavy (non-hydrogen) atoms. The highest BCUT2D eigenvalue weighted by Gasteiger charge is 2.28. The van der Waals surface area contributed by atoms with Crippen molar-refractivity contribution in [1.29, 1.82) is 0 Å². The van der Waals surface area contributed by atoms with E-state index in [-0.39, 0.29) is 5.91 Å². The van der Waals surface area contributed by atoms with Crippen molar-refractivity contribution in [2.75, 3.05) is 31.9 Å². The molecule has 0 aromatic rings. The molecule has 1 saturated heterocycles. The van der Waals surface area contributed by atoms with Gasteiger partial charge in [-0.3, -0.25) is 9.59 Å². The lowest BCUT2D eigenvalue weighted by atomic mass is 10.2. The first kappa shape index (κ1) is 14.3. The van der Waals surface area contributed by atoms with Gasteiger partial charge >= 0.3 is 5.97 Å². The van der Waals surface area contributed by atoms with Crippen molar-refractivity contribution in [3.63, 3.8) is 0 Å². The second kappa shape index (κ2) is 6.26. The molecule has 0 aromatic heterocycles. The lowest BCUT2D eigenvalue weighted by Crippen LogP contribution is -2.46. The summed E-state index contributed by atoms with van der Waals surface area (Å²) >= 11 is 1.32. The van der Waals surface area contributed by atoms with Crippen molar-refractivity contribution in [1.82, 2.24) is 10.2 Å². The first-order chi connectivity index (χ1) is 7.93. The van der Waals surface area contributed by atoms with E-state index in [1.165, 1.54) is 11.8 Å². The maximum Gasteiger partial charge on any atom is 0.319 e. The zero-order valence-corrected chi connectivity index (χ0v) is 11.2. The number of carbonyl (C=O) groups is 2. The van der Waals surface area contributed by atoms with Crippen LogP contribution in [0.1, 0.15) is 20.3 Å². The summed E-state index contributed by atoms with van der Waals surface area (Å²) in [6.45, 7) is 6.53. The summed E-state index contributed by atoms with van der Waals surface area (Å²) in [5.74, 6) is -0.153. The highest BCUT2D eigenvalue weighted by molar-refractivity contribution is 8.01. The summed E-state index contributed by atoms with van der Waals surface area (Å²) in [7, 11) is 0. The van der Waals surface area contributed by atoms with Crippen LogP contribution in [0.2, 0.25) is 0 Å². The van der Waals surface area contributed by atoms with E-state index >= 15 is 0 Å². The van der Waals surface area contributed by atoms with Crippen molar-refractivity contribution >= 4 is 23.6 Å². The molecule has 1 heterocycles. The van der Waals surface area contributed by atoms with E-state index in [1.54, 1.807) is 13.8 Å². The van der Waals surface area contributed by atoms with Crippen LogP contribution in [0.25, 0.3) is 0 Å². The molecule has 98 valence electrons. The molecule has 1 aliphatic heterocycles. The summed E-state index contributed by atoms with van der Waals surface area (Å²) in [5.41, 5.74) is 0. The molecule has 0 aliphatic carbocycles. The number of amides is 1. The predicted octanol–water partition coefficient (Wildman–Crippen LogP) is 0.405. The van der Waals surface area contributed by atoms with Crippen LogP contribution >= 0.6 is 11.8 Å². The van der Waals surface area contributed by atoms with E-state index in [4.69, 9.17) is 5.11 Å². The van der Waals surface area contributed by atoms with E-state index in [0.29, 0.717) is 12.2 Å². The van der Waals surface area contributed by atoms with Crippen molar-refractivity contribution in [3.8, 4) is 0 Å². The van der Waals surface area contributed by atoms with E-state index in [2.05, 4.69) is 5.32 Å². The Kier molecular flexibility index (Phi) is 5.27. The van der Waals surface area contributed by atoms with Gasteiger partial charge in [-0.15, -0.1) is 11.8 Å². The van der Waals surface area contributed by atoms with Gasteiger partial charge in [-0.1, -0.05) is 0 Å². The van der Waals surface area contributed by atoms with Crippen LogP contribution in [0.15, 0.2) is 0 Å². The molecular weight excluding hydrogens is 240 g/mol. The van der Waals surface area contributed by atoms with Crippen molar-refractivity contribution in [2.24, 2.45) is 0 Å². The lowest BCUT2D eigenvalue weighted by molar-refractivity contribution is -0.139. The second-order valence-electron chi connectivity index (χ2n) is 4.54. The predicted molar refractivity (Wildman–Crippen MR) is 68.2 cm³/mol. The standard InChI is InChI=1S/C11H20N2O3S/c1-11(2,10(15)16)17-8-3-9(14)13-6-4-12-5-7-13/h12H,3-8H2,1-2H3,(H,15,16). The number of nitrogens with zero attached hydrogens (tertiary/aromatic N) is 1. The molecule has 1 amide bonds. The average molecular weight is 260 g/mol. The molecule has 0 unspecified atom stereocenters. The largest absolute Gasteiger partial charge is 0.480 e. The minimum atomic E-state index is -0.836. The second-order valence-corrected chi connectivity index (χ2v) is 6.26. The van der Waals surface area contributed by atoms with Gasteiger partial charge < -0.3 is 15.3 Å². The molecule has 0 bridgehead atoms. The summed E-state index contributed by atoms with van der Waals surface area (Å²) in [4.78, 5) is 24.5. The molecule has 1 fully saturated rings. The summed E-state index contributed by atoms with van der Waals surface area (Å²) in [6, 6.07) is 0. The van der Waals surface area contributed by atoms with Gasteiger partial charge in [0.15, 0.2) is 0 Å². The Morgan fingerprint density at radius 2 is 1.94 bits per heavy atom. The maximum absolute atomic E-state index is 11.8. The van der Waals surface area contributed by atoms with Crippen LogP contribution in [-0.4, -0.2) is 58.6 Å². The number of nitrogens with one attached hydrogen (secondary N) is 1. The number of carboxylic acids is 1. The van der Waals surface area contributed by atoms with Gasteiger partial charge in [-0.05, 0) is 13.8 Å². The Labute approximate surface area is 106 Å². The summed E-state index contributed by atoms with van der Waals surface area (Å²) in [5, 5.41) is 12.1. The van der Waals surface area contributed by atoms with Crippen LogP contribution in [0, 0.1) is 0 Å². The fourth-order valence-electron chi connectivity index (χ4n) is 1.53. The van der Waals surface area contributed by atoms with E-state index < -0.39 is 10.7 Å². The number of thioether (sulfide) groups is 1. The van der Waals surface area contributed by atoms with Gasteiger partial charge in [0.05, 0.1) is 0 Å². The molecule has 0 atom stereocenters. The Bertz CT molecular complexity index is 288. The fourth-order valence-corrected chi connectivity index (χ4v) is 2.44. The van der Waals surface area contributed by atoms with Crippen LogP contribution in [0.4, 0.5) is 0 Å². The fraction of sp³-hybridized carbons (Fsp3) is 0.818. The Balaban J connectivity index is 2.26. The first-order valence-electron chi connectivity index (χ1n) is 5.79. The van der Waals surface area contributed by atoms with Gasteiger partial charge in [-0.25, -0.2) is 0 Å². The zero-order valence-electron chi connectivity index (χ0n) is 10.4. The molecule has 6 heteroatoms. The molecule has 1 rings (SSSR count). The molecule has 0 spiro atoms. The summed E-state index contributed by atoms with van der Waals surface area (Å²) in [6.07, 6.45) is 0.418. The van der Waals surface area contributed by atoms with Crippen molar-refractivity contribution in [2.45, 2.75) is 25.0 Å². The number of carboxylic acid groups (broad SMARTS) is 1. The van der Waals surface area contributed by atoms with Crippen LogP contribution in [0.3, 0.4) is 0 Å². The third-order valence-electron chi connectivity index (χ3n) is 2.76. The number of hydrogen-bond acceptors (Lipinski definition) is 4. The number of hydrogen-bond donors (Lipinski definition) is 2. The number of piperazine rings is 1. The van der Waals surface area contributed by atoms with Crippen LogP contribution in [0.5, 0.6) is 0 Å². The van der Waals surface area contributed by atoms with Gasteiger partial charge in [0.2, 0.25) is 5.91 Å². The lowest BCUT2D eigenvalue weighted by Gasteiger charge is -2.27. The topological polar surface area (TPSA) is 69.6 Å². The van der Waals surface area contributed by atoms with Gasteiger partial charge in [-0.2, -0.15) is 0 Å². The molecule has 0 saturated carbocycles. The Morgan fingerprint density at radius 1 is 1.35 bits per heavy atom. The quantitative estimate of drug-likeness (QED) is 0.749. The van der Waals surface area contributed by atoms with Gasteiger partial charge in [0.25, 0.3) is 0 Å². The third kappa shape index (κ3) is 4.55. The first-order valence-corrected chi connectivity index (χ1v) is 6.78. The van der Waals surface area contributed by atoms with Crippen molar-refractivity contribution < 1.29 is 14.7 Å². The monoisotopic (exact) mass is 260 g/mol. The minimum absolute atomic E-state index is 0.125. The Hall–Kier alpha value is -0.750. The number of rotatable bonds is 5. The molecule has 0 radical (unpaired) electrons. The van der Waals surface area contributed by atoms with Crippen LogP contribution in [-0.2, 0) is 9.59 Å². The van der Waals surface area contributed by atoms with E-state index in [1.807, 2.05) is 4.90 Å². The zero-order chi connectivity index (χ0) is 12.9. The SMILES string of the molecule is CC(C)(SCCC(=O)N1CCNCC1)C(=O)O. The molecule has 5 nitrogen and oxygen atoms in total. The van der Waals surface area contributed by atoms with Crippen molar-refractivity contribution in [3.05, 3.63) is 0 Å². The molecule has 2 N–H and O–H groups in total. The number of aliphatic carboxylic acids is 1. The van der Waals surface area contributed by atoms with E-state index in [0.717, 1.165) is 26.2 Å². The molecular formula is C11H20N2O3S. The highest BCUT2D eigenvalue weighted by Crippen LogP contribution is 2.25. The van der Waals surface area contributed by atoms with E-state index in [9.17, 15) is 9.59 Å². The third-order valence-corrected chi connectivity index (χ3v) is 4.07. The van der Waals surface area contributed by atoms with Crippen LogP contribution < -0.4 is 5.32 Å². The Morgan fingerprint density at radius 3 is 2.47 bits per heavy atom. The normalized spacial score (nSPS) is 16.9. The number of carbonyl (C=O) groups excluding carboxylic acids is 1. The average Bonchev–Trinajstić information content (AvgIpc) is 2.29.